The van der Waals surface area contributed by atoms with Crippen molar-refractivity contribution in [2.45, 2.75) is 32.7 Å². The van der Waals surface area contributed by atoms with Crippen molar-refractivity contribution in [2.24, 2.45) is 0 Å². The maximum atomic E-state index is 5.71. The van der Waals surface area contributed by atoms with Crippen molar-refractivity contribution in [3.63, 3.8) is 0 Å². The maximum absolute atomic E-state index is 5.71. The SMILES string of the molecule is CCNC(CCc1ccsc1)c1ccc(C)o1. The van der Waals surface area contributed by atoms with Crippen molar-refractivity contribution in [2.75, 3.05) is 6.54 Å². The third-order valence-corrected chi connectivity index (χ3v) is 3.59. The van der Waals surface area contributed by atoms with Crippen LogP contribution in [0.3, 0.4) is 0 Å². The van der Waals surface area contributed by atoms with Gasteiger partial charge in [0.25, 0.3) is 0 Å². The van der Waals surface area contributed by atoms with Gasteiger partial charge in [0.1, 0.15) is 11.5 Å². The minimum Gasteiger partial charge on any atom is -0.465 e. The molecule has 0 saturated heterocycles. The van der Waals surface area contributed by atoms with Gasteiger partial charge < -0.3 is 9.73 Å². The summed E-state index contributed by atoms with van der Waals surface area (Å²) in [6.45, 7) is 5.09. The fourth-order valence-corrected chi connectivity index (χ4v) is 2.68. The van der Waals surface area contributed by atoms with Gasteiger partial charge in [-0.1, -0.05) is 6.92 Å². The molecule has 2 rings (SSSR count). The highest BCUT2D eigenvalue weighted by molar-refractivity contribution is 7.07. The Labute approximate surface area is 107 Å². The van der Waals surface area contributed by atoms with Crippen LogP contribution in [0, 0.1) is 6.92 Å². The Morgan fingerprint density at radius 3 is 2.82 bits per heavy atom. The second-order valence-corrected chi connectivity index (χ2v) is 5.01. The lowest BCUT2D eigenvalue weighted by molar-refractivity contribution is 0.390. The van der Waals surface area contributed by atoms with E-state index in [4.69, 9.17) is 4.42 Å². The van der Waals surface area contributed by atoms with Gasteiger partial charge in [0, 0.05) is 0 Å². The van der Waals surface area contributed by atoms with E-state index in [1.54, 1.807) is 11.3 Å². The molecule has 2 nitrogen and oxygen atoms in total. The molecule has 2 aromatic rings. The van der Waals surface area contributed by atoms with Gasteiger partial charge >= 0.3 is 0 Å². The number of aryl methyl sites for hydroxylation is 2. The number of furan rings is 1. The predicted molar refractivity (Wildman–Crippen MR) is 72.5 cm³/mol. The molecule has 0 aliphatic rings. The summed E-state index contributed by atoms with van der Waals surface area (Å²) in [7, 11) is 0. The van der Waals surface area contributed by atoms with E-state index in [0.717, 1.165) is 30.9 Å². The molecule has 0 radical (unpaired) electrons. The average Bonchev–Trinajstić information content (AvgIpc) is 2.95. The molecule has 1 atom stereocenters. The first-order valence-corrected chi connectivity index (χ1v) is 7.04. The topological polar surface area (TPSA) is 25.2 Å². The van der Waals surface area contributed by atoms with E-state index >= 15 is 0 Å². The van der Waals surface area contributed by atoms with Crippen LogP contribution in [0.5, 0.6) is 0 Å². The Balaban J connectivity index is 1.97. The number of hydrogen-bond donors (Lipinski definition) is 1. The van der Waals surface area contributed by atoms with Crippen LogP contribution < -0.4 is 5.32 Å². The van der Waals surface area contributed by atoms with Crippen LogP contribution in [-0.4, -0.2) is 6.54 Å². The van der Waals surface area contributed by atoms with Crippen LogP contribution in [0.4, 0.5) is 0 Å². The zero-order valence-electron chi connectivity index (χ0n) is 10.4. The molecule has 17 heavy (non-hydrogen) atoms. The second-order valence-electron chi connectivity index (χ2n) is 4.23. The van der Waals surface area contributed by atoms with E-state index < -0.39 is 0 Å². The molecular formula is C14H19NOS. The van der Waals surface area contributed by atoms with Gasteiger partial charge in [-0.15, -0.1) is 0 Å². The first-order valence-electron chi connectivity index (χ1n) is 6.10. The van der Waals surface area contributed by atoms with E-state index in [1.807, 2.05) is 13.0 Å². The minimum atomic E-state index is 0.327. The van der Waals surface area contributed by atoms with E-state index in [2.05, 4.69) is 35.1 Å². The number of rotatable bonds is 6. The standard InChI is InChI=1S/C14H19NOS/c1-3-15-13(14-7-4-11(2)16-14)6-5-12-8-9-17-10-12/h4,7-10,13,15H,3,5-6H2,1-2H3. The van der Waals surface area contributed by atoms with E-state index in [-0.39, 0.29) is 0 Å². The Morgan fingerprint density at radius 2 is 2.24 bits per heavy atom. The molecule has 0 aliphatic carbocycles. The van der Waals surface area contributed by atoms with Gasteiger partial charge in [-0.2, -0.15) is 11.3 Å². The van der Waals surface area contributed by atoms with Crippen LogP contribution in [0.2, 0.25) is 0 Å². The number of hydrogen-bond acceptors (Lipinski definition) is 3. The molecular weight excluding hydrogens is 230 g/mol. The van der Waals surface area contributed by atoms with Gasteiger partial charge in [0.2, 0.25) is 0 Å². The third kappa shape index (κ3) is 3.45. The smallest absolute Gasteiger partial charge is 0.121 e. The van der Waals surface area contributed by atoms with E-state index in [1.165, 1.54) is 5.56 Å². The van der Waals surface area contributed by atoms with Gasteiger partial charge in [0.15, 0.2) is 0 Å². The zero-order valence-corrected chi connectivity index (χ0v) is 11.2. The molecule has 0 spiro atoms. The lowest BCUT2D eigenvalue weighted by atomic mass is 10.1. The highest BCUT2D eigenvalue weighted by Gasteiger charge is 2.13. The lowest BCUT2D eigenvalue weighted by Gasteiger charge is -2.15. The first kappa shape index (κ1) is 12.4. The Morgan fingerprint density at radius 1 is 1.35 bits per heavy atom. The van der Waals surface area contributed by atoms with Crippen LogP contribution in [0.25, 0.3) is 0 Å². The van der Waals surface area contributed by atoms with Crippen LogP contribution in [0.15, 0.2) is 33.4 Å². The summed E-state index contributed by atoms with van der Waals surface area (Å²) < 4.78 is 5.71. The largest absolute Gasteiger partial charge is 0.465 e. The number of nitrogens with one attached hydrogen (secondary N) is 1. The molecule has 92 valence electrons. The highest BCUT2D eigenvalue weighted by atomic mass is 32.1. The van der Waals surface area contributed by atoms with Gasteiger partial charge in [-0.3, -0.25) is 0 Å². The summed E-state index contributed by atoms with van der Waals surface area (Å²) in [5, 5.41) is 7.84. The molecule has 0 saturated carbocycles. The van der Waals surface area contributed by atoms with Crippen molar-refractivity contribution in [3.05, 3.63) is 46.0 Å². The lowest BCUT2D eigenvalue weighted by Crippen LogP contribution is -2.20. The van der Waals surface area contributed by atoms with E-state index in [9.17, 15) is 0 Å². The molecule has 0 aliphatic heterocycles. The van der Waals surface area contributed by atoms with Crippen LogP contribution in [-0.2, 0) is 6.42 Å². The Bertz CT molecular complexity index is 433. The summed E-state index contributed by atoms with van der Waals surface area (Å²) in [6, 6.07) is 6.63. The van der Waals surface area contributed by atoms with Crippen molar-refractivity contribution in [3.8, 4) is 0 Å². The normalized spacial score (nSPS) is 12.8. The fraction of sp³-hybridized carbons (Fsp3) is 0.429. The summed E-state index contributed by atoms with van der Waals surface area (Å²) >= 11 is 1.76. The summed E-state index contributed by atoms with van der Waals surface area (Å²) in [6.07, 6.45) is 2.18. The molecule has 2 heterocycles. The Kier molecular flexibility index (Phi) is 4.40. The minimum absolute atomic E-state index is 0.327. The first-order chi connectivity index (χ1) is 8.29. The van der Waals surface area contributed by atoms with Gasteiger partial charge in [-0.25, -0.2) is 0 Å². The molecule has 0 fully saturated rings. The predicted octanol–water partition coefficient (Wildman–Crippen LogP) is 3.93. The monoisotopic (exact) mass is 249 g/mol. The van der Waals surface area contributed by atoms with Gasteiger partial charge in [-0.05, 0) is 60.8 Å². The second kappa shape index (κ2) is 6.03. The van der Waals surface area contributed by atoms with E-state index in [0.29, 0.717) is 6.04 Å². The van der Waals surface area contributed by atoms with Crippen molar-refractivity contribution in [1.82, 2.24) is 5.32 Å². The van der Waals surface area contributed by atoms with Crippen LogP contribution >= 0.6 is 11.3 Å². The molecule has 0 amide bonds. The molecule has 1 N–H and O–H groups in total. The summed E-state index contributed by atoms with van der Waals surface area (Å²) in [4.78, 5) is 0. The molecule has 1 unspecified atom stereocenters. The van der Waals surface area contributed by atoms with Crippen LogP contribution in [0.1, 0.15) is 36.5 Å². The molecule has 0 bridgehead atoms. The maximum Gasteiger partial charge on any atom is 0.121 e. The summed E-state index contributed by atoms with van der Waals surface area (Å²) in [5.74, 6) is 2.04. The highest BCUT2D eigenvalue weighted by Crippen LogP contribution is 2.22. The average molecular weight is 249 g/mol. The van der Waals surface area contributed by atoms with Gasteiger partial charge in [0.05, 0.1) is 6.04 Å². The third-order valence-electron chi connectivity index (χ3n) is 2.86. The molecule has 2 aromatic heterocycles. The zero-order chi connectivity index (χ0) is 12.1. The van der Waals surface area contributed by atoms with Crippen molar-refractivity contribution >= 4 is 11.3 Å². The quantitative estimate of drug-likeness (QED) is 0.839. The fourth-order valence-electron chi connectivity index (χ4n) is 1.98. The Hall–Kier alpha value is -1.06. The molecule has 0 aromatic carbocycles. The number of thiophene rings is 1. The summed E-state index contributed by atoms with van der Waals surface area (Å²) in [5.41, 5.74) is 1.42. The molecule has 3 heteroatoms. The van der Waals surface area contributed by atoms with Crippen molar-refractivity contribution < 1.29 is 4.42 Å². The van der Waals surface area contributed by atoms with Crippen molar-refractivity contribution in [1.29, 1.82) is 0 Å².